The van der Waals surface area contributed by atoms with E-state index in [0.717, 1.165) is 5.56 Å². The Morgan fingerprint density at radius 2 is 1.50 bits per heavy atom. The predicted octanol–water partition coefficient (Wildman–Crippen LogP) is 4.24. The Hall–Kier alpha value is -3.67. The number of aromatic nitrogens is 1. The third-order valence-corrected chi connectivity index (χ3v) is 4.62. The number of hydrogen-bond acceptors (Lipinski definition) is 4. The second-order valence-electron chi connectivity index (χ2n) is 7.03. The van der Waals surface area contributed by atoms with Gasteiger partial charge in [-0.25, -0.2) is 0 Å². The number of rotatable bonds is 7. The fraction of sp³-hybridized carbons (Fsp3) is 0.208. The van der Waals surface area contributed by atoms with E-state index >= 15 is 0 Å². The Balaban J connectivity index is 1.66. The quantitative estimate of drug-likeness (QED) is 0.592. The van der Waals surface area contributed by atoms with E-state index < -0.39 is 0 Å². The minimum atomic E-state index is -0.0566. The van der Waals surface area contributed by atoms with Crippen molar-refractivity contribution in [2.24, 2.45) is 0 Å². The summed E-state index contributed by atoms with van der Waals surface area (Å²) in [5.74, 6) is 1.18. The molecule has 0 spiro atoms. The van der Waals surface area contributed by atoms with Gasteiger partial charge in [0, 0.05) is 44.5 Å². The number of pyridine rings is 1. The average Bonchev–Trinajstić information content (AvgIpc) is 2.78. The Morgan fingerprint density at radius 1 is 0.867 bits per heavy atom. The van der Waals surface area contributed by atoms with Crippen LogP contribution in [0.1, 0.15) is 33.2 Å². The van der Waals surface area contributed by atoms with Crippen LogP contribution in [0.25, 0.3) is 0 Å². The van der Waals surface area contributed by atoms with Crippen LogP contribution in [-0.2, 0) is 6.54 Å². The van der Waals surface area contributed by atoms with E-state index in [1.807, 2.05) is 25.1 Å². The summed E-state index contributed by atoms with van der Waals surface area (Å²) in [6.07, 6.45) is 3.32. The van der Waals surface area contributed by atoms with Gasteiger partial charge in [0.15, 0.2) is 0 Å². The molecule has 0 N–H and O–H groups in total. The number of benzene rings is 2. The lowest BCUT2D eigenvalue weighted by Crippen LogP contribution is -2.30. The molecule has 6 nitrogen and oxygen atoms in total. The minimum Gasteiger partial charge on any atom is -0.456 e. The predicted molar refractivity (Wildman–Crippen MR) is 116 cm³/mol. The minimum absolute atomic E-state index is 0.0430. The first-order valence-electron chi connectivity index (χ1n) is 9.75. The molecular weight excluding hydrogens is 378 g/mol. The van der Waals surface area contributed by atoms with E-state index in [0.29, 0.717) is 35.7 Å². The molecule has 1 heterocycles. The van der Waals surface area contributed by atoms with Crippen LogP contribution in [0.2, 0.25) is 0 Å². The summed E-state index contributed by atoms with van der Waals surface area (Å²) in [7, 11) is 3.45. The average molecular weight is 403 g/mol. The fourth-order valence-corrected chi connectivity index (χ4v) is 2.95. The monoisotopic (exact) mass is 403 g/mol. The van der Waals surface area contributed by atoms with E-state index in [-0.39, 0.29) is 11.8 Å². The summed E-state index contributed by atoms with van der Waals surface area (Å²) in [5.41, 5.74) is 2.19. The van der Waals surface area contributed by atoms with Crippen LogP contribution >= 0.6 is 0 Å². The molecule has 2 aromatic carbocycles. The zero-order valence-corrected chi connectivity index (χ0v) is 17.4. The third-order valence-electron chi connectivity index (χ3n) is 4.62. The molecular formula is C24H25N3O3. The molecule has 0 atom stereocenters. The smallest absolute Gasteiger partial charge is 0.254 e. The number of amides is 2. The Morgan fingerprint density at radius 3 is 2.07 bits per heavy atom. The summed E-state index contributed by atoms with van der Waals surface area (Å²) in [5, 5.41) is 0. The van der Waals surface area contributed by atoms with Crippen LogP contribution in [0.5, 0.6) is 11.5 Å². The molecule has 0 aliphatic rings. The van der Waals surface area contributed by atoms with Gasteiger partial charge in [-0.15, -0.1) is 0 Å². The number of nitrogens with zero attached hydrogens (tertiary/aromatic N) is 3. The maximum Gasteiger partial charge on any atom is 0.254 e. The highest BCUT2D eigenvalue weighted by Gasteiger charge is 2.15. The van der Waals surface area contributed by atoms with Crippen molar-refractivity contribution in [3.8, 4) is 11.5 Å². The largest absolute Gasteiger partial charge is 0.456 e. The molecule has 3 aromatic rings. The molecule has 0 radical (unpaired) electrons. The molecule has 6 heteroatoms. The second kappa shape index (κ2) is 9.69. The lowest BCUT2D eigenvalue weighted by Gasteiger charge is -2.21. The van der Waals surface area contributed by atoms with Crippen molar-refractivity contribution in [1.29, 1.82) is 0 Å². The maximum atomic E-state index is 12.9. The van der Waals surface area contributed by atoms with Gasteiger partial charge in [-0.05, 0) is 61.0 Å². The van der Waals surface area contributed by atoms with Crippen molar-refractivity contribution < 1.29 is 14.3 Å². The zero-order valence-electron chi connectivity index (χ0n) is 17.4. The lowest BCUT2D eigenvalue weighted by molar-refractivity contribution is 0.0751. The van der Waals surface area contributed by atoms with Gasteiger partial charge in [-0.1, -0.05) is 12.1 Å². The van der Waals surface area contributed by atoms with E-state index in [9.17, 15) is 9.59 Å². The highest BCUT2D eigenvalue weighted by atomic mass is 16.5. The number of carbonyl (C=O) groups is 2. The zero-order chi connectivity index (χ0) is 21.5. The SMILES string of the molecule is CCN(Cc1ccc(C(=O)N(C)C)cc1)C(=O)c1ccc(Oc2cccnc2)cc1. The Labute approximate surface area is 176 Å². The standard InChI is InChI=1S/C24H25N3O3/c1-4-27(17-18-7-9-19(10-8-18)23(28)26(2)3)24(29)20-11-13-21(14-12-20)30-22-6-5-15-25-16-22/h5-16H,4,17H2,1-3H3. The summed E-state index contributed by atoms with van der Waals surface area (Å²) >= 11 is 0. The van der Waals surface area contributed by atoms with Crippen molar-refractivity contribution in [3.63, 3.8) is 0 Å². The van der Waals surface area contributed by atoms with E-state index in [2.05, 4.69) is 4.98 Å². The number of carbonyl (C=O) groups excluding carboxylic acids is 2. The number of hydrogen-bond donors (Lipinski definition) is 0. The first kappa shape index (κ1) is 21.0. The highest BCUT2D eigenvalue weighted by Crippen LogP contribution is 2.21. The van der Waals surface area contributed by atoms with E-state index in [1.54, 1.807) is 78.8 Å². The molecule has 0 saturated carbocycles. The normalized spacial score (nSPS) is 10.4. The van der Waals surface area contributed by atoms with Crippen molar-refractivity contribution in [3.05, 3.63) is 89.7 Å². The first-order valence-corrected chi connectivity index (χ1v) is 9.75. The van der Waals surface area contributed by atoms with Crippen LogP contribution in [0.4, 0.5) is 0 Å². The third kappa shape index (κ3) is 5.23. The Bertz CT molecular complexity index is 984. The van der Waals surface area contributed by atoms with E-state index in [4.69, 9.17) is 4.74 Å². The van der Waals surface area contributed by atoms with Gasteiger partial charge >= 0.3 is 0 Å². The van der Waals surface area contributed by atoms with Crippen LogP contribution in [0, 0.1) is 0 Å². The molecule has 0 unspecified atom stereocenters. The molecule has 0 aliphatic carbocycles. The van der Waals surface area contributed by atoms with Crippen molar-refractivity contribution >= 4 is 11.8 Å². The molecule has 0 fully saturated rings. The van der Waals surface area contributed by atoms with Gasteiger partial charge < -0.3 is 14.5 Å². The lowest BCUT2D eigenvalue weighted by atomic mass is 10.1. The topological polar surface area (TPSA) is 62.7 Å². The van der Waals surface area contributed by atoms with Crippen molar-refractivity contribution in [2.45, 2.75) is 13.5 Å². The molecule has 0 aliphatic heterocycles. The van der Waals surface area contributed by atoms with Gasteiger partial charge in [0.1, 0.15) is 11.5 Å². The van der Waals surface area contributed by atoms with Crippen LogP contribution in [-0.4, -0.2) is 47.2 Å². The molecule has 0 saturated heterocycles. The molecule has 0 bridgehead atoms. The van der Waals surface area contributed by atoms with Crippen molar-refractivity contribution in [1.82, 2.24) is 14.8 Å². The second-order valence-corrected chi connectivity index (χ2v) is 7.03. The van der Waals surface area contributed by atoms with Crippen LogP contribution < -0.4 is 4.74 Å². The van der Waals surface area contributed by atoms with Crippen LogP contribution in [0.3, 0.4) is 0 Å². The molecule has 154 valence electrons. The fourth-order valence-electron chi connectivity index (χ4n) is 2.95. The first-order chi connectivity index (χ1) is 14.5. The summed E-state index contributed by atoms with van der Waals surface area (Å²) in [4.78, 5) is 32.3. The van der Waals surface area contributed by atoms with Crippen LogP contribution in [0.15, 0.2) is 73.1 Å². The summed E-state index contributed by atoms with van der Waals surface area (Å²) < 4.78 is 5.72. The van der Waals surface area contributed by atoms with Crippen molar-refractivity contribution in [2.75, 3.05) is 20.6 Å². The molecule has 2 amide bonds. The molecule has 1 aromatic heterocycles. The Kier molecular flexibility index (Phi) is 6.80. The molecule has 30 heavy (non-hydrogen) atoms. The van der Waals surface area contributed by atoms with Gasteiger partial charge in [-0.2, -0.15) is 0 Å². The van der Waals surface area contributed by atoms with E-state index in [1.165, 1.54) is 0 Å². The van der Waals surface area contributed by atoms with Gasteiger partial charge in [0.25, 0.3) is 11.8 Å². The van der Waals surface area contributed by atoms with Gasteiger partial charge in [0.05, 0.1) is 6.20 Å². The summed E-state index contributed by atoms with van der Waals surface area (Å²) in [6.45, 7) is 2.99. The number of ether oxygens (including phenoxy) is 1. The molecule has 3 rings (SSSR count). The maximum absolute atomic E-state index is 12.9. The van der Waals surface area contributed by atoms with Gasteiger partial charge in [0.2, 0.25) is 0 Å². The highest BCUT2D eigenvalue weighted by molar-refractivity contribution is 5.95. The van der Waals surface area contributed by atoms with Gasteiger partial charge in [-0.3, -0.25) is 14.6 Å². The summed E-state index contributed by atoms with van der Waals surface area (Å²) in [6, 6.07) is 18.0.